The van der Waals surface area contributed by atoms with Crippen LogP contribution in [-0.4, -0.2) is 40.3 Å². The van der Waals surface area contributed by atoms with Gasteiger partial charge in [-0.1, -0.05) is 0 Å². The first-order valence-electron chi connectivity index (χ1n) is 6.07. The number of rotatable bonds is 3. The number of aliphatic carboxylic acids is 1. The Bertz CT molecular complexity index is 314. The second kappa shape index (κ2) is 6.31. The molecular weight excluding hydrogens is 254 g/mol. The molecule has 104 valence electrons. The van der Waals surface area contributed by atoms with E-state index in [9.17, 15) is 9.59 Å². The van der Waals surface area contributed by atoms with Crippen LogP contribution in [0.25, 0.3) is 0 Å². The van der Waals surface area contributed by atoms with E-state index in [0.29, 0.717) is 0 Å². The van der Waals surface area contributed by atoms with Gasteiger partial charge in [0.2, 0.25) is 0 Å². The van der Waals surface area contributed by atoms with Gasteiger partial charge in [-0.3, -0.25) is 4.79 Å². The Hall–Kier alpha value is -0.910. The number of alkyl carbamates (subject to hydrolysis) is 1. The van der Waals surface area contributed by atoms with Crippen molar-refractivity contribution in [3.8, 4) is 0 Å². The Morgan fingerprint density at radius 1 is 1.44 bits per heavy atom. The smallest absolute Gasteiger partial charge is 0.407 e. The highest BCUT2D eigenvalue weighted by molar-refractivity contribution is 7.99. The molecule has 0 aromatic rings. The maximum absolute atomic E-state index is 11.7. The Morgan fingerprint density at radius 2 is 2.11 bits per heavy atom. The lowest BCUT2D eigenvalue weighted by molar-refractivity contribution is -0.138. The highest BCUT2D eigenvalue weighted by Gasteiger charge is 2.30. The van der Waals surface area contributed by atoms with Crippen LogP contribution >= 0.6 is 11.8 Å². The number of nitrogens with one attached hydrogen (secondary N) is 1. The summed E-state index contributed by atoms with van der Waals surface area (Å²) in [5.41, 5.74) is -0.534. The fourth-order valence-electron chi connectivity index (χ4n) is 1.87. The van der Waals surface area contributed by atoms with Crippen LogP contribution in [0.4, 0.5) is 4.79 Å². The molecule has 1 aliphatic heterocycles. The van der Waals surface area contributed by atoms with Crippen molar-refractivity contribution >= 4 is 23.8 Å². The lowest BCUT2D eigenvalue weighted by Crippen LogP contribution is -2.46. The lowest BCUT2D eigenvalue weighted by atomic mass is 9.94. The van der Waals surface area contributed by atoms with Gasteiger partial charge in [-0.15, -0.1) is 0 Å². The number of carboxylic acid groups (broad SMARTS) is 1. The summed E-state index contributed by atoms with van der Waals surface area (Å²) < 4.78 is 5.19. The standard InChI is InChI=1S/C12H21NO4S/c1-12(2,3)17-11(16)13-9-7-18-5-4-8(9)6-10(14)15/h8-9H,4-7H2,1-3H3,(H,13,16)(H,14,15)/t8-,9+/m0/s1. The summed E-state index contributed by atoms with van der Waals surface area (Å²) in [6.45, 7) is 5.41. The molecule has 2 atom stereocenters. The number of thioether (sulfide) groups is 1. The molecule has 0 aromatic heterocycles. The van der Waals surface area contributed by atoms with E-state index in [1.54, 1.807) is 32.5 Å². The third kappa shape index (κ3) is 5.62. The van der Waals surface area contributed by atoms with E-state index in [0.717, 1.165) is 17.9 Å². The first kappa shape index (κ1) is 15.1. The number of hydrogen-bond acceptors (Lipinski definition) is 4. The van der Waals surface area contributed by atoms with Crippen molar-refractivity contribution in [3.63, 3.8) is 0 Å². The molecule has 1 saturated heterocycles. The summed E-state index contributed by atoms with van der Waals surface area (Å²) in [5.74, 6) is 0.876. The zero-order valence-corrected chi connectivity index (χ0v) is 11.9. The average molecular weight is 275 g/mol. The van der Waals surface area contributed by atoms with Crippen molar-refractivity contribution in [2.75, 3.05) is 11.5 Å². The van der Waals surface area contributed by atoms with Crippen LogP contribution in [0.2, 0.25) is 0 Å². The van der Waals surface area contributed by atoms with Crippen LogP contribution in [0.15, 0.2) is 0 Å². The largest absolute Gasteiger partial charge is 0.481 e. The van der Waals surface area contributed by atoms with Crippen LogP contribution in [0.5, 0.6) is 0 Å². The van der Waals surface area contributed by atoms with Crippen molar-refractivity contribution in [1.29, 1.82) is 0 Å². The molecular formula is C12H21NO4S. The van der Waals surface area contributed by atoms with Gasteiger partial charge in [-0.25, -0.2) is 4.79 Å². The molecule has 18 heavy (non-hydrogen) atoms. The van der Waals surface area contributed by atoms with E-state index in [1.165, 1.54) is 0 Å². The van der Waals surface area contributed by atoms with Crippen LogP contribution in [0.3, 0.4) is 0 Å². The summed E-state index contributed by atoms with van der Waals surface area (Å²) >= 11 is 1.73. The van der Waals surface area contributed by atoms with Gasteiger partial charge in [-0.2, -0.15) is 11.8 Å². The SMILES string of the molecule is CC(C)(C)OC(=O)N[C@@H]1CSCC[C@H]1CC(=O)O. The molecule has 2 N–H and O–H groups in total. The molecule has 1 rings (SSSR count). The van der Waals surface area contributed by atoms with Crippen molar-refractivity contribution in [1.82, 2.24) is 5.32 Å². The predicted octanol–water partition coefficient (Wildman–Crippen LogP) is 2.11. The maximum atomic E-state index is 11.7. The van der Waals surface area contributed by atoms with Crippen molar-refractivity contribution in [2.24, 2.45) is 5.92 Å². The zero-order chi connectivity index (χ0) is 13.8. The van der Waals surface area contributed by atoms with Gasteiger partial charge in [0.05, 0.1) is 6.42 Å². The molecule has 0 spiro atoms. The zero-order valence-electron chi connectivity index (χ0n) is 11.1. The fraction of sp³-hybridized carbons (Fsp3) is 0.833. The van der Waals surface area contributed by atoms with Crippen LogP contribution < -0.4 is 5.32 Å². The monoisotopic (exact) mass is 275 g/mol. The summed E-state index contributed by atoms with van der Waals surface area (Å²) in [6, 6.07) is -0.116. The number of hydrogen-bond donors (Lipinski definition) is 2. The maximum Gasteiger partial charge on any atom is 0.407 e. The summed E-state index contributed by atoms with van der Waals surface area (Å²) in [6.07, 6.45) is 0.448. The molecule has 1 fully saturated rings. The summed E-state index contributed by atoms with van der Waals surface area (Å²) in [7, 11) is 0. The highest BCUT2D eigenvalue weighted by Crippen LogP contribution is 2.26. The van der Waals surface area contributed by atoms with E-state index < -0.39 is 17.7 Å². The van der Waals surface area contributed by atoms with Gasteiger partial charge in [-0.05, 0) is 38.9 Å². The first-order valence-corrected chi connectivity index (χ1v) is 7.22. The molecule has 0 aliphatic carbocycles. The molecule has 0 radical (unpaired) electrons. The van der Waals surface area contributed by atoms with Gasteiger partial charge in [0.25, 0.3) is 0 Å². The lowest BCUT2D eigenvalue weighted by Gasteiger charge is -2.31. The minimum Gasteiger partial charge on any atom is -0.481 e. The number of carbonyl (C=O) groups excluding carboxylic acids is 1. The van der Waals surface area contributed by atoms with Gasteiger partial charge in [0.15, 0.2) is 0 Å². The topological polar surface area (TPSA) is 75.6 Å². The molecule has 1 amide bonds. The molecule has 0 unspecified atom stereocenters. The van der Waals surface area contributed by atoms with Crippen molar-refractivity contribution in [3.05, 3.63) is 0 Å². The number of amides is 1. The van der Waals surface area contributed by atoms with Crippen LogP contribution in [-0.2, 0) is 9.53 Å². The average Bonchev–Trinajstić information content (AvgIpc) is 2.17. The molecule has 0 saturated carbocycles. The molecule has 1 heterocycles. The van der Waals surface area contributed by atoms with Gasteiger partial charge >= 0.3 is 12.1 Å². The normalized spacial score (nSPS) is 24.4. The number of ether oxygens (including phenoxy) is 1. The van der Waals surface area contributed by atoms with Gasteiger partial charge < -0.3 is 15.2 Å². The minimum atomic E-state index is -0.817. The second-order valence-corrected chi connectivity index (χ2v) is 6.62. The number of carbonyl (C=O) groups is 2. The fourth-order valence-corrected chi connectivity index (χ4v) is 3.11. The Labute approximate surface area is 112 Å². The van der Waals surface area contributed by atoms with Crippen LogP contribution in [0, 0.1) is 5.92 Å². The van der Waals surface area contributed by atoms with E-state index in [-0.39, 0.29) is 18.4 Å². The van der Waals surface area contributed by atoms with Crippen LogP contribution in [0.1, 0.15) is 33.6 Å². The summed E-state index contributed by atoms with van der Waals surface area (Å²) in [4.78, 5) is 22.4. The molecule has 0 bridgehead atoms. The summed E-state index contributed by atoms with van der Waals surface area (Å²) in [5, 5.41) is 11.6. The van der Waals surface area contributed by atoms with Crippen molar-refractivity contribution < 1.29 is 19.4 Å². The first-order chi connectivity index (χ1) is 8.28. The third-order valence-electron chi connectivity index (χ3n) is 2.64. The molecule has 1 aliphatic rings. The van der Waals surface area contributed by atoms with Gasteiger partial charge in [0.1, 0.15) is 5.60 Å². The Morgan fingerprint density at radius 3 is 2.67 bits per heavy atom. The third-order valence-corrected chi connectivity index (χ3v) is 3.76. The Kier molecular flexibility index (Phi) is 5.31. The molecule has 6 heteroatoms. The van der Waals surface area contributed by atoms with Crippen molar-refractivity contribution in [2.45, 2.75) is 45.3 Å². The van der Waals surface area contributed by atoms with E-state index in [1.807, 2.05) is 0 Å². The highest BCUT2D eigenvalue weighted by atomic mass is 32.2. The van der Waals surface area contributed by atoms with E-state index >= 15 is 0 Å². The van der Waals surface area contributed by atoms with Gasteiger partial charge in [0, 0.05) is 11.8 Å². The molecule has 5 nitrogen and oxygen atoms in total. The Balaban J connectivity index is 2.51. The quantitative estimate of drug-likeness (QED) is 0.825. The van der Waals surface area contributed by atoms with E-state index in [2.05, 4.69) is 5.32 Å². The van der Waals surface area contributed by atoms with E-state index in [4.69, 9.17) is 9.84 Å². The predicted molar refractivity (Wildman–Crippen MR) is 70.8 cm³/mol. The number of carboxylic acids is 1. The minimum absolute atomic E-state index is 0.00346. The second-order valence-electron chi connectivity index (χ2n) is 5.47. The molecule has 0 aromatic carbocycles.